The summed E-state index contributed by atoms with van der Waals surface area (Å²) in [5.74, 6) is 2.26. The van der Waals surface area contributed by atoms with Crippen LogP contribution in [-0.4, -0.2) is 40.0 Å². The monoisotopic (exact) mass is 389 g/mol. The molecule has 0 bridgehead atoms. The van der Waals surface area contributed by atoms with Gasteiger partial charge in [-0.25, -0.2) is 4.98 Å². The summed E-state index contributed by atoms with van der Waals surface area (Å²) in [5, 5.41) is 0. The summed E-state index contributed by atoms with van der Waals surface area (Å²) in [6.45, 7) is 3.33. The number of hydrogen-bond donors (Lipinski definition) is 1. The zero-order chi connectivity index (χ0) is 20.1. The van der Waals surface area contributed by atoms with Crippen LogP contribution in [-0.2, 0) is 11.2 Å². The molecule has 1 saturated heterocycles. The zero-order valence-corrected chi connectivity index (χ0v) is 16.8. The van der Waals surface area contributed by atoms with E-state index in [1.54, 1.807) is 6.20 Å². The molecule has 5 nitrogen and oxygen atoms in total. The molecule has 1 amide bonds. The predicted octanol–water partition coefficient (Wildman–Crippen LogP) is 4.17. The van der Waals surface area contributed by atoms with Crippen molar-refractivity contribution in [1.29, 1.82) is 0 Å². The first kappa shape index (κ1) is 19.2. The van der Waals surface area contributed by atoms with Crippen molar-refractivity contribution in [3.63, 3.8) is 0 Å². The van der Waals surface area contributed by atoms with Gasteiger partial charge in [0.05, 0.1) is 0 Å². The van der Waals surface area contributed by atoms with Gasteiger partial charge in [-0.05, 0) is 37.0 Å². The van der Waals surface area contributed by atoms with E-state index < -0.39 is 6.10 Å². The minimum Gasteiger partial charge on any atom is -0.481 e. The van der Waals surface area contributed by atoms with Gasteiger partial charge in [0.25, 0.3) is 5.91 Å². The van der Waals surface area contributed by atoms with E-state index in [1.165, 1.54) is 5.56 Å². The number of benzene rings is 2. The Balaban J connectivity index is 1.37. The highest BCUT2D eigenvalue weighted by Crippen LogP contribution is 2.27. The summed E-state index contributed by atoms with van der Waals surface area (Å²) >= 11 is 0. The number of amides is 1. The molecule has 1 aliphatic heterocycles. The number of piperidine rings is 1. The summed E-state index contributed by atoms with van der Waals surface area (Å²) in [6, 6.07) is 18.3. The quantitative estimate of drug-likeness (QED) is 0.688. The van der Waals surface area contributed by atoms with Gasteiger partial charge in [0.2, 0.25) is 0 Å². The first-order chi connectivity index (χ1) is 14.2. The molecule has 0 aliphatic carbocycles. The van der Waals surface area contributed by atoms with Gasteiger partial charge in [0.15, 0.2) is 6.10 Å². The average Bonchev–Trinajstić information content (AvgIpc) is 3.30. The van der Waals surface area contributed by atoms with Crippen LogP contribution in [0.2, 0.25) is 0 Å². The molecule has 2 heterocycles. The highest BCUT2D eigenvalue weighted by molar-refractivity contribution is 5.81. The maximum Gasteiger partial charge on any atom is 0.263 e. The van der Waals surface area contributed by atoms with Crippen LogP contribution in [0.5, 0.6) is 5.75 Å². The van der Waals surface area contributed by atoms with E-state index in [0.717, 1.165) is 49.5 Å². The van der Waals surface area contributed by atoms with Crippen molar-refractivity contribution in [3.8, 4) is 5.75 Å². The van der Waals surface area contributed by atoms with Gasteiger partial charge in [0.1, 0.15) is 11.6 Å². The van der Waals surface area contributed by atoms with Crippen LogP contribution in [0.4, 0.5) is 0 Å². The number of imidazole rings is 1. The number of carbonyl (C=O) groups is 1. The lowest BCUT2D eigenvalue weighted by atomic mass is 9.96. The van der Waals surface area contributed by atoms with Gasteiger partial charge >= 0.3 is 0 Å². The standard InChI is InChI=1S/C24H27N3O2/c1-18(24(28)27-15-11-20(12-16-27)23-25-13-14-26-23)29-22-10-6-5-9-21(22)17-19-7-3-2-4-8-19/h2-10,13-14,18,20H,11-12,15-17H2,1H3,(H,25,26). The molecular formula is C24H27N3O2. The normalized spacial score (nSPS) is 15.8. The van der Waals surface area contributed by atoms with Gasteiger partial charge in [-0.3, -0.25) is 4.79 Å². The van der Waals surface area contributed by atoms with Crippen LogP contribution in [0.25, 0.3) is 0 Å². The summed E-state index contributed by atoms with van der Waals surface area (Å²) in [4.78, 5) is 22.4. The van der Waals surface area contributed by atoms with Gasteiger partial charge < -0.3 is 14.6 Å². The Bertz CT molecular complexity index is 916. The maximum atomic E-state index is 12.9. The second-order valence-corrected chi connectivity index (χ2v) is 7.60. The highest BCUT2D eigenvalue weighted by atomic mass is 16.5. The third kappa shape index (κ3) is 4.67. The van der Waals surface area contributed by atoms with Crippen LogP contribution in [0.1, 0.15) is 42.6 Å². The van der Waals surface area contributed by atoms with E-state index in [1.807, 2.05) is 54.4 Å². The number of nitrogens with one attached hydrogen (secondary N) is 1. The molecular weight excluding hydrogens is 362 g/mol. The van der Waals surface area contributed by atoms with Gasteiger partial charge in [-0.1, -0.05) is 48.5 Å². The van der Waals surface area contributed by atoms with Crippen LogP contribution in [0.3, 0.4) is 0 Å². The van der Waals surface area contributed by atoms with E-state index in [4.69, 9.17) is 4.74 Å². The van der Waals surface area contributed by atoms with Crippen LogP contribution >= 0.6 is 0 Å². The predicted molar refractivity (Wildman–Crippen MR) is 113 cm³/mol. The molecule has 2 aromatic carbocycles. The summed E-state index contributed by atoms with van der Waals surface area (Å²) in [7, 11) is 0. The third-order valence-electron chi connectivity index (χ3n) is 5.57. The number of aromatic nitrogens is 2. The number of likely N-dealkylation sites (tertiary alicyclic amines) is 1. The minimum absolute atomic E-state index is 0.0532. The number of H-pyrrole nitrogens is 1. The van der Waals surface area contributed by atoms with Crippen molar-refractivity contribution in [3.05, 3.63) is 83.9 Å². The molecule has 1 atom stereocenters. The Morgan fingerprint density at radius 1 is 1.14 bits per heavy atom. The summed E-state index contributed by atoms with van der Waals surface area (Å²) < 4.78 is 6.12. The maximum absolute atomic E-state index is 12.9. The molecule has 1 aromatic heterocycles. The molecule has 3 aromatic rings. The van der Waals surface area contributed by atoms with Crippen molar-refractivity contribution < 1.29 is 9.53 Å². The molecule has 0 saturated carbocycles. The van der Waals surface area contributed by atoms with Gasteiger partial charge in [0, 0.05) is 37.8 Å². The molecule has 4 rings (SSSR count). The first-order valence-corrected chi connectivity index (χ1v) is 10.3. The molecule has 0 spiro atoms. The Labute approximate surface area is 171 Å². The van der Waals surface area contributed by atoms with Crippen LogP contribution in [0, 0.1) is 0 Å². The SMILES string of the molecule is CC(Oc1ccccc1Cc1ccccc1)C(=O)N1CCC(c2ncc[nH]2)CC1. The number of para-hydroxylation sites is 1. The highest BCUT2D eigenvalue weighted by Gasteiger charge is 2.28. The van der Waals surface area contributed by atoms with Crippen LogP contribution in [0.15, 0.2) is 67.0 Å². The largest absolute Gasteiger partial charge is 0.481 e. The number of aromatic amines is 1. The second kappa shape index (κ2) is 8.95. The number of hydrogen-bond acceptors (Lipinski definition) is 3. The Kier molecular flexibility index (Phi) is 5.94. The fraction of sp³-hybridized carbons (Fsp3) is 0.333. The van der Waals surface area contributed by atoms with Crippen molar-refractivity contribution in [2.24, 2.45) is 0 Å². The van der Waals surface area contributed by atoms with E-state index >= 15 is 0 Å². The van der Waals surface area contributed by atoms with Crippen LogP contribution < -0.4 is 4.74 Å². The molecule has 1 fully saturated rings. The van der Waals surface area contributed by atoms with Gasteiger partial charge in [-0.15, -0.1) is 0 Å². The number of rotatable bonds is 6. The van der Waals surface area contributed by atoms with E-state index in [0.29, 0.717) is 5.92 Å². The molecule has 150 valence electrons. The third-order valence-corrected chi connectivity index (χ3v) is 5.57. The molecule has 0 radical (unpaired) electrons. The average molecular weight is 389 g/mol. The van der Waals surface area contributed by atoms with Gasteiger partial charge in [-0.2, -0.15) is 0 Å². The lowest BCUT2D eigenvalue weighted by molar-refractivity contribution is -0.139. The lowest BCUT2D eigenvalue weighted by Gasteiger charge is -2.33. The number of nitrogens with zero attached hydrogens (tertiary/aromatic N) is 2. The zero-order valence-electron chi connectivity index (χ0n) is 16.8. The lowest BCUT2D eigenvalue weighted by Crippen LogP contribution is -2.44. The Morgan fingerprint density at radius 2 is 1.86 bits per heavy atom. The molecule has 1 N–H and O–H groups in total. The van der Waals surface area contributed by atoms with Crippen molar-refractivity contribution in [2.75, 3.05) is 13.1 Å². The van der Waals surface area contributed by atoms with Crippen molar-refractivity contribution in [1.82, 2.24) is 14.9 Å². The summed E-state index contributed by atoms with van der Waals surface area (Å²) in [5.41, 5.74) is 2.32. The van der Waals surface area contributed by atoms with Crippen molar-refractivity contribution in [2.45, 2.75) is 38.2 Å². The number of ether oxygens (including phenoxy) is 1. The smallest absolute Gasteiger partial charge is 0.263 e. The minimum atomic E-state index is -0.507. The first-order valence-electron chi connectivity index (χ1n) is 10.3. The van der Waals surface area contributed by atoms with Crippen molar-refractivity contribution >= 4 is 5.91 Å². The Morgan fingerprint density at radius 3 is 2.59 bits per heavy atom. The van der Waals surface area contributed by atoms with E-state index in [-0.39, 0.29) is 5.91 Å². The Hall–Kier alpha value is -3.08. The number of carbonyl (C=O) groups excluding carboxylic acids is 1. The molecule has 1 unspecified atom stereocenters. The topological polar surface area (TPSA) is 58.2 Å². The molecule has 29 heavy (non-hydrogen) atoms. The molecule has 5 heteroatoms. The van der Waals surface area contributed by atoms with E-state index in [2.05, 4.69) is 28.2 Å². The fourth-order valence-electron chi connectivity index (χ4n) is 3.95. The van der Waals surface area contributed by atoms with E-state index in [9.17, 15) is 4.79 Å². The summed E-state index contributed by atoms with van der Waals surface area (Å²) in [6.07, 6.45) is 5.78. The fourth-order valence-corrected chi connectivity index (χ4v) is 3.95. The second-order valence-electron chi connectivity index (χ2n) is 7.60. The molecule has 1 aliphatic rings.